The molecular formula is C12H16N4O2. The fraction of sp³-hybridized carbons (Fsp3) is 0.333. The zero-order valence-electron chi connectivity index (χ0n) is 10.6. The number of rotatable bonds is 5. The number of hydrogen-bond acceptors (Lipinski definition) is 6. The van der Waals surface area contributed by atoms with Crippen LogP contribution in [0.1, 0.15) is 18.9 Å². The Hall–Kier alpha value is -2.08. The Labute approximate surface area is 105 Å². The van der Waals surface area contributed by atoms with Crippen LogP contribution in [0.2, 0.25) is 0 Å². The number of hydrogen-bond donors (Lipinski definition) is 2. The van der Waals surface area contributed by atoms with Crippen molar-refractivity contribution >= 4 is 11.7 Å². The Kier molecular flexibility index (Phi) is 3.78. The van der Waals surface area contributed by atoms with Gasteiger partial charge < -0.3 is 19.8 Å². The summed E-state index contributed by atoms with van der Waals surface area (Å²) in [6.07, 6.45) is 0. The normalized spacial score (nSPS) is 12.2. The predicted octanol–water partition coefficient (Wildman–Crippen LogP) is 2.10. The largest absolute Gasteiger partial charge is 0.497 e. The molecule has 2 aromatic rings. The summed E-state index contributed by atoms with van der Waals surface area (Å²) in [7, 11) is 3.46. The summed E-state index contributed by atoms with van der Waals surface area (Å²) in [5.74, 6) is 1.31. The zero-order chi connectivity index (χ0) is 13.0. The maximum atomic E-state index is 5.48. The number of anilines is 2. The van der Waals surface area contributed by atoms with E-state index in [1.54, 1.807) is 7.11 Å². The highest BCUT2D eigenvalue weighted by Gasteiger charge is 2.11. The Morgan fingerprint density at radius 3 is 2.89 bits per heavy atom. The highest BCUT2D eigenvalue weighted by Crippen LogP contribution is 2.21. The minimum absolute atomic E-state index is 0.0263. The predicted molar refractivity (Wildman–Crippen MR) is 68.0 cm³/mol. The molecule has 0 amide bonds. The molecule has 0 bridgehead atoms. The summed E-state index contributed by atoms with van der Waals surface area (Å²) in [5, 5.41) is 13.9. The van der Waals surface area contributed by atoms with Crippen LogP contribution >= 0.6 is 0 Å². The van der Waals surface area contributed by atoms with E-state index in [-0.39, 0.29) is 6.04 Å². The molecule has 0 aliphatic carbocycles. The first kappa shape index (κ1) is 12.4. The molecule has 0 spiro atoms. The molecule has 6 nitrogen and oxygen atoms in total. The summed E-state index contributed by atoms with van der Waals surface area (Å²) < 4.78 is 10.6. The minimum atomic E-state index is 0.0263. The molecule has 0 aliphatic heterocycles. The molecule has 1 aromatic carbocycles. The van der Waals surface area contributed by atoms with Crippen LogP contribution in [0, 0.1) is 0 Å². The van der Waals surface area contributed by atoms with Gasteiger partial charge in [-0.15, -0.1) is 5.10 Å². The number of benzene rings is 1. The molecule has 1 aromatic heterocycles. The maximum Gasteiger partial charge on any atom is 0.320 e. The third kappa shape index (κ3) is 2.78. The van der Waals surface area contributed by atoms with Gasteiger partial charge in [0.15, 0.2) is 0 Å². The van der Waals surface area contributed by atoms with E-state index in [0.29, 0.717) is 11.9 Å². The van der Waals surface area contributed by atoms with E-state index in [0.717, 1.165) is 11.4 Å². The van der Waals surface area contributed by atoms with E-state index in [1.165, 1.54) is 0 Å². The van der Waals surface area contributed by atoms with E-state index >= 15 is 0 Å². The fourth-order valence-corrected chi connectivity index (χ4v) is 1.41. The van der Waals surface area contributed by atoms with Crippen LogP contribution in [0.3, 0.4) is 0 Å². The summed E-state index contributed by atoms with van der Waals surface area (Å²) in [6.45, 7) is 1.95. The summed E-state index contributed by atoms with van der Waals surface area (Å²) in [5.41, 5.74) is 0.835. The van der Waals surface area contributed by atoms with E-state index in [9.17, 15) is 0 Å². The van der Waals surface area contributed by atoms with Gasteiger partial charge in [-0.25, -0.2) is 0 Å². The van der Waals surface area contributed by atoms with Gasteiger partial charge in [0.25, 0.3) is 0 Å². The fourth-order valence-electron chi connectivity index (χ4n) is 1.41. The van der Waals surface area contributed by atoms with E-state index in [1.807, 2.05) is 38.2 Å². The Bertz CT molecular complexity index is 512. The number of nitrogens with zero attached hydrogens (tertiary/aromatic N) is 2. The SMILES string of the molecule is CNC(C)c1nnc(Nc2cccc(OC)c2)o1. The molecule has 1 atom stereocenters. The average molecular weight is 248 g/mol. The average Bonchev–Trinajstić information content (AvgIpc) is 2.86. The van der Waals surface area contributed by atoms with Gasteiger partial charge in [0, 0.05) is 11.8 Å². The van der Waals surface area contributed by atoms with Crippen LogP contribution in [-0.2, 0) is 0 Å². The van der Waals surface area contributed by atoms with Crippen LogP contribution in [-0.4, -0.2) is 24.4 Å². The summed E-state index contributed by atoms with van der Waals surface area (Å²) in [4.78, 5) is 0. The van der Waals surface area contributed by atoms with Crippen LogP contribution in [0.15, 0.2) is 28.7 Å². The second-order valence-corrected chi connectivity index (χ2v) is 3.81. The van der Waals surface area contributed by atoms with Crippen molar-refractivity contribution in [1.82, 2.24) is 15.5 Å². The van der Waals surface area contributed by atoms with Gasteiger partial charge in [-0.2, -0.15) is 0 Å². The maximum absolute atomic E-state index is 5.48. The van der Waals surface area contributed by atoms with Gasteiger partial charge in [-0.1, -0.05) is 11.2 Å². The topological polar surface area (TPSA) is 72.2 Å². The molecule has 2 N–H and O–H groups in total. The van der Waals surface area contributed by atoms with E-state index in [4.69, 9.17) is 9.15 Å². The molecule has 6 heteroatoms. The third-order valence-electron chi connectivity index (χ3n) is 2.57. The Morgan fingerprint density at radius 1 is 1.33 bits per heavy atom. The van der Waals surface area contributed by atoms with Gasteiger partial charge in [-0.05, 0) is 26.1 Å². The Morgan fingerprint density at radius 2 is 2.17 bits per heavy atom. The van der Waals surface area contributed by atoms with Crippen LogP contribution in [0.25, 0.3) is 0 Å². The number of aromatic nitrogens is 2. The van der Waals surface area contributed by atoms with Crippen molar-refractivity contribution < 1.29 is 9.15 Å². The third-order valence-corrected chi connectivity index (χ3v) is 2.57. The van der Waals surface area contributed by atoms with Crippen molar-refractivity contribution in [1.29, 1.82) is 0 Å². The second kappa shape index (κ2) is 5.50. The Balaban J connectivity index is 2.11. The number of methoxy groups -OCH3 is 1. The first-order valence-corrected chi connectivity index (χ1v) is 5.64. The van der Waals surface area contributed by atoms with Gasteiger partial charge in [0.2, 0.25) is 5.89 Å². The summed E-state index contributed by atoms with van der Waals surface area (Å²) in [6, 6.07) is 7.89. The molecule has 0 saturated heterocycles. The molecule has 0 saturated carbocycles. The standard InChI is InChI=1S/C12H16N4O2/c1-8(13-2)11-15-16-12(18-11)14-9-5-4-6-10(7-9)17-3/h4-8,13H,1-3H3,(H,14,16). The van der Waals surface area contributed by atoms with Gasteiger partial charge in [0.1, 0.15) is 5.75 Å². The molecular weight excluding hydrogens is 232 g/mol. The highest BCUT2D eigenvalue weighted by atomic mass is 16.5. The first-order chi connectivity index (χ1) is 8.72. The van der Waals surface area contributed by atoms with E-state index < -0.39 is 0 Å². The van der Waals surface area contributed by atoms with Crippen LogP contribution in [0.5, 0.6) is 5.75 Å². The lowest BCUT2D eigenvalue weighted by atomic mass is 10.3. The highest BCUT2D eigenvalue weighted by molar-refractivity contribution is 5.54. The van der Waals surface area contributed by atoms with Crippen molar-refractivity contribution in [3.8, 4) is 5.75 Å². The second-order valence-electron chi connectivity index (χ2n) is 3.81. The van der Waals surface area contributed by atoms with Crippen molar-refractivity contribution in [2.24, 2.45) is 0 Å². The molecule has 0 radical (unpaired) electrons. The van der Waals surface area contributed by atoms with Crippen molar-refractivity contribution in [2.45, 2.75) is 13.0 Å². The molecule has 96 valence electrons. The number of ether oxygens (including phenoxy) is 1. The molecule has 18 heavy (non-hydrogen) atoms. The van der Waals surface area contributed by atoms with Gasteiger partial charge in [-0.3, -0.25) is 0 Å². The number of nitrogens with one attached hydrogen (secondary N) is 2. The van der Waals surface area contributed by atoms with Crippen molar-refractivity contribution in [3.63, 3.8) is 0 Å². The lowest BCUT2D eigenvalue weighted by molar-refractivity contribution is 0.415. The summed E-state index contributed by atoms with van der Waals surface area (Å²) >= 11 is 0. The lowest BCUT2D eigenvalue weighted by Crippen LogP contribution is -2.12. The molecule has 2 rings (SSSR count). The first-order valence-electron chi connectivity index (χ1n) is 5.64. The minimum Gasteiger partial charge on any atom is -0.497 e. The van der Waals surface area contributed by atoms with E-state index in [2.05, 4.69) is 20.8 Å². The van der Waals surface area contributed by atoms with Crippen molar-refractivity contribution in [2.75, 3.05) is 19.5 Å². The van der Waals surface area contributed by atoms with Crippen LogP contribution in [0.4, 0.5) is 11.7 Å². The smallest absolute Gasteiger partial charge is 0.320 e. The zero-order valence-corrected chi connectivity index (χ0v) is 10.6. The molecule has 1 heterocycles. The quantitative estimate of drug-likeness (QED) is 0.844. The molecule has 0 aliphatic rings. The van der Waals surface area contributed by atoms with Gasteiger partial charge in [0.05, 0.1) is 13.2 Å². The van der Waals surface area contributed by atoms with Crippen molar-refractivity contribution in [3.05, 3.63) is 30.2 Å². The van der Waals surface area contributed by atoms with Gasteiger partial charge >= 0.3 is 6.01 Å². The molecule has 1 unspecified atom stereocenters. The lowest BCUT2D eigenvalue weighted by Gasteiger charge is -2.04. The monoisotopic (exact) mass is 248 g/mol. The molecule has 0 fully saturated rings. The van der Waals surface area contributed by atoms with Crippen LogP contribution < -0.4 is 15.4 Å².